The molecule has 0 aromatic heterocycles. The van der Waals surface area contributed by atoms with Crippen molar-refractivity contribution in [2.45, 2.75) is 25.9 Å². The number of ether oxygens (including phenoxy) is 1. The molecule has 12 heavy (non-hydrogen) atoms. The molecular weight excluding hydrogens is 156 g/mol. The highest BCUT2D eigenvalue weighted by Gasteiger charge is 2.34. The molecule has 0 saturated heterocycles. The minimum atomic E-state index is -1.06. The van der Waals surface area contributed by atoms with E-state index in [9.17, 15) is 9.90 Å². The molecule has 3 nitrogen and oxygen atoms in total. The van der Waals surface area contributed by atoms with Gasteiger partial charge in [0.15, 0.2) is 0 Å². The lowest BCUT2D eigenvalue weighted by molar-refractivity contribution is -0.151. The number of rotatable bonds is 4. The third-order valence-corrected chi connectivity index (χ3v) is 2.08. The van der Waals surface area contributed by atoms with Gasteiger partial charge in [-0.3, -0.25) is 4.79 Å². The minimum Gasteiger partial charge on any atom is -0.468 e. The van der Waals surface area contributed by atoms with Gasteiger partial charge in [-0.15, -0.1) is 6.58 Å². The summed E-state index contributed by atoms with van der Waals surface area (Å²) in [5.74, 6) is -1.09. The average Bonchev–Trinajstić information content (AvgIpc) is 2.05. The number of esters is 1. The van der Waals surface area contributed by atoms with E-state index in [0.717, 1.165) is 0 Å². The van der Waals surface area contributed by atoms with E-state index < -0.39 is 17.5 Å². The molecule has 3 heteroatoms. The Labute approximate surface area is 73.0 Å². The van der Waals surface area contributed by atoms with E-state index in [1.807, 2.05) is 0 Å². The van der Waals surface area contributed by atoms with Crippen LogP contribution in [0, 0.1) is 5.92 Å². The Morgan fingerprint density at radius 3 is 2.58 bits per heavy atom. The molecule has 0 saturated carbocycles. The molecule has 0 bridgehead atoms. The molecule has 0 heterocycles. The molecule has 0 aliphatic carbocycles. The van der Waals surface area contributed by atoms with Gasteiger partial charge in [-0.2, -0.15) is 0 Å². The molecule has 1 N–H and O–H groups in total. The molecule has 0 amide bonds. The van der Waals surface area contributed by atoms with Gasteiger partial charge in [-0.25, -0.2) is 0 Å². The Kier molecular flexibility index (Phi) is 3.96. The second kappa shape index (κ2) is 4.26. The molecule has 2 atom stereocenters. The standard InChI is InChI=1S/C9H16O3/c1-5-7(8(10)12-4)9(3,11)6-2/h5,7,11H,1,6H2,2-4H3/t7-,9-/m0/s1. The first-order chi connectivity index (χ1) is 5.49. The quantitative estimate of drug-likeness (QED) is 0.510. The Hall–Kier alpha value is -0.830. The lowest BCUT2D eigenvalue weighted by Crippen LogP contribution is -2.38. The highest BCUT2D eigenvalue weighted by molar-refractivity contribution is 5.75. The fraction of sp³-hybridized carbons (Fsp3) is 0.667. The van der Waals surface area contributed by atoms with Crippen molar-refractivity contribution < 1.29 is 14.6 Å². The number of aliphatic hydroxyl groups is 1. The van der Waals surface area contributed by atoms with Crippen molar-refractivity contribution in [3.63, 3.8) is 0 Å². The van der Waals surface area contributed by atoms with E-state index in [2.05, 4.69) is 11.3 Å². The molecule has 0 aliphatic heterocycles. The largest absolute Gasteiger partial charge is 0.468 e. The van der Waals surface area contributed by atoms with Crippen molar-refractivity contribution >= 4 is 5.97 Å². The van der Waals surface area contributed by atoms with E-state index in [-0.39, 0.29) is 0 Å². The maximum atomic E-state index is 11.1. The van der Waals surface area contributed by atoms with Crippen molar-refractivity contribution in [3.05, 3.63) is 12.7 Å². The summed E-state index contributed by atoms with van der Waals surface area (Å²) in [5.41, 5.74) is -1.06. The van der Waals surface area contributed by atoms with E-state index >= 15 is 0 Å². The predicted molar refractivity (Wildman–Crippen MR) is 46.6 cm³/mol. The topological polar surface area (TPSA) is 46.5 Å². The highest BCUT2D eigenvalue weighted by Crippen LogP contribution is 2.22. The van der Waals surface area contributed by atoms with Crippen LogP contribution in [0.25, 0.3) is 0 Å². The third-order valence-electron chi connectivity index (χ3n) is 2.08. The fourth-order valence-corrected chi connectivity index (χ4v) is 0.951. The molecule has 0 unspecified atom stereocenters. The van der Waals surface area contributed by atoms with Crippen molar-refractivity contribution in [2.75, 3.05) is 7.11 Å². The first-order valence-corrected chi connectivity index (χ1v) is 3.92. The maximum Gasteiger partial charge on any atom is 0.315 e. The molecule has 0 rings (SSSR count). The SMILES string of the molecule is C=C[C@@H](C(=O)OC)[C@@](C)(O)CC. The smallest absolute Gasteiger partial charge is 0.315 e. The molecule has 70 valence electrons. The van der Waals surface area contributed by atoms with Gasteiger partial charge in [-0.05, 0) is 13.3 Å². The van der Waals surface area contributed by atoms with E-state index in [1.54, 1.807) is 13.8 Å². The molecule has 0 aliphatic rings. The summed E-state index contributed by atoms with van der Waals surface area (Å²) in [6.07, 6.45) is 1.90. The number of hydrogen-bond acceptors (Lipinski definition) is 3. The first-order valence-electron chi connectivity index (χ1n) is 3.92. The van der Waals surface area contributed by atoms with Gasteiger partial charge in [-0.1, -0.05) is 13.0 Å². The van der Waals surface area contributed by atoms with E-state index in [1.165, 1.54) is 13.2 Å². The van der Waals surface area contributed by atoms with Crippen LogP contribution in [-0.2, 0) is 9.53 Å². The lowest BCUT2D eigenvalue weighted by Gasteiger charge is -2.27. The van der Waals surface area contributed by atoms with Gasteiger partial charge in [0.1, 0.15) is 5.92 Å². The van der Waals surface area contributed by atoms with Crippen LogP contribution in [0.4, 0.5) is 0 Å². The first kappa shape index (κ1) is 11.2. The zero-order valence-corrected chi connectivity index (χ0v) is 7.83. The van der Waals surface area contributed by atoms with Crippen LogP contribution >= 0.6 is 0 Å². The van der Waals surface area contributed by atoms with Crippen LogP contribution in [0.15, 0.2) is 12.7 Å². The Bertz CT molecular complexity index is 173. The monoisotopic (exact) mass is 172 g/mol. The van der Waals surface area contributed by atoms with Crippen LogP contribution < -0.4 is 0 Å². The molecule has 0 aromatic carbocycles. The van der Waals surface area contributed by atoms with Gasteiger partial charge in [0.2, 0.25) is 0 Å². The van der Waals surface area contributed by atoms with Crippen molar-refractivity contribution in [1.29, 1.82) is 0 Å². The zero-order chi connectivity index (χ0) is 9.78. The fourth-order valence-electron chi connectivity index (χ4n) is 0.951. The van der Waals surface area contributed by atoms with Gasteiger partial charge in [0.05, 0.1) is 12.7 Å². The van der Waals surface area contributed by atoms with Crippen LogP contribution in [0.5, 0.6) is 0 Å². The molecule has 0 aromatic rings. The second-order valence-electron chi connectivity index (χ2n) is 2.95. The van der Waals surface area contributed by atoms with Crippen molar-refractivity contribution in [1.82, 2.24) is 0 Å². The molecule has 0 radical (unpaired) electrons. The number of carbonyl (C=O) groups excluding carboxylic acids is 1. The Balaban J connectivity index is 4.54. The Morgan fingerprint density at radius 2 is 2.33 bits per heavy atom. The number of carbonyl (C=O) groups is 1. The van der Waals surface area contributed by atoms with E-state index in [4.69, 9.17) is 0 Å². The summed E-state index contributed by atoms with van der Waals surface area (Å²) in [4.78, 5) is 11.1. The number of hydrogen-bond donors (Lipinski definition) is 1. The summed E-state index contributed by atoms with van der Waals surface area (Å²) in [6.45, 7) is 6.88. The van der Waals surface area contributed by atoms with Gasteiger partial charge in [0, 0.05) is 0 Å². The summed E-state index contributed by atoms with van der Waals surface area (Å²) < 4.78 is 4.52. The molecule has 0 spiro atoms. The predicted octanol–water partition coefficient (Wildman–Crippen LogP) is 1.12. The maximum absolute atomic E-state index is 11.1. The van der Waals surface area contributed by atoms with E-state index in [0.29, 0.717) is 6.42 Å². The molecule has 0 fully saturated rings. The van der Waals surface area contributed by atoms with Crippen LogP contribution in [0.2, 0.25) is 0 Å². The van der Waals surface area contributed by atoms with Gasteiger partial charge >= 0.3 is 5.97 Å². The summed E-state index contributed by atoms with van der Waals surface area (Å²) in [5, 5.41) is 9.71. The van der Waals surface area contributed by atoms with Crippen LogP contribution in [-0.4, -0.2) is 23.8 Å². The van der Waals surface area contributed by atoms with Crippen molar-refractivity contribution in [2.24, 2.45) is 5.92 Å². The average molecular weight is 172 g/mol. The van der Waals surface area contributed by atoms with Crippen LogP contribution in [0.1, 0.15) is 20.3 Å². The summed E-state index contributed by atoms with van der Waals surface area (Å²) in [7, 11) is 1.30. The summed E-state index contributed by atoms with van der Waals surface area (Å²) in [6, 6.07) is 0. The Morgan fingerprint density at radius 1 is 1.83 bits per heavy atom. The number of methoxy groups -OCH3 is 1. The third kappa shape index (κ3) is 2.34. The minimum absolute atomic E-state index is 0.447. The zero-order valence-electron chi connectivity index (χ0n) is 7.83. The normalized spacial score (nSPS) is 17.7. The molecular formula is C9H16O3. The summed E-state index contributed by atoms with van der Waals surface area (Å²) >= 11 is 0. The van der Waals surface area contributed by atoms with Crippen molar-refractivity contribution in [3.8, 4) is 0 Å². The van der Waals surface area contributed by atoms with Gasteiger partial charge < -0.3 is 9.84 Å². The van der Waals surface area contributed by atoms with Gasteiger partial charge in [0.25, 0.3) is 0 Å². The second-order valence-corrected chi connectivity index (χ2v) is 2.95. The van der Waals surface area contributed by atoms with Crippen LogP contribution in [0.3, 0.4) is 0 Å². The lowest BCUT2D eigenvalue weighted by atomic mass is 9.87. The highest BCUT2D eigenvalue weighted by atomic mass is 16.5.